The maximum atomic E-state index is 12.0. The molecular formula is C24H29NO2S. The van der Waals surface area contributed by atoms with Gasteiger partial charge in [0.05, 0.1) is 0 Å². The molecule has 0 saturated heterocycles. The molecule has 1 aromatic heterocycles. The minimum atomic E-state index is -0.802. The summed E-state index contributed by atoms with van der Waals surface area (Å²) in [7, 11) is 2.17. The molecule has 148 valence electrons. The van der Waals surface area contributed by atoms with Crippen molar-refractivity contribution in [1.29, 1.82) is 0 Å². The molecule has 0 unspecified atom stereocenters. The third kappa shape index (κ3) is 4.23. The van der Waals surface area contributed by atoms with Crippen molar-refractivity contribution in [3.8, 4) is 10.4 Å². The normalized spacial score (nSPS) is 18.8. The highest BCUT2D eigenvalue weighted by Gasteiger charge is 2.25. The average Bonchev–Trinajstić information content (AvgIpc) is 3.37. The zero-order valence-electron chi connectivity index (χ0n) is 16.6. The van der Waals surface area contributed by atoms with Crippen molar-refractivity contribution >= 4 is 22.9 Å². The number of likely N-dealkylation sites (N-methyl/N-ethyl adjacent to an activating group) is 1. The Morgan fingerprint density at radius 2 is 1.96 bits per heavy atom. The van der Waals surface area contributed by atoms with Crippen LogP contribution in [0, 0.1) is 5.92 Å². The van der Waals surface area contributed by atoms with Crippen LogP contribution in [0.2, 0.25) is 0 Å². The van der Waals surface area contributed by atoms with E-state index in [2.05, 4.69) is 30.1 Å². The van der Waals surface area contributed by atoms with Gasteiger partial charge in [-0.1, -0.05) is 61.6 Å². The molecule has 3 nitrogen and oxygen atoms in total. The molecule has 1 saturated carbocycles. The molecule has 0 atom stereocenters. The Bertz CT molecular complexity index is 862. The molecule has 1 N–H and O–H groups in total. The second-order valence-electron chi connectivity index (χ2n) is 8.28. The third-order valence-corrected chi connectivity index (χ3v) is 7.44. The number of thiophene rings is 1. The van der Waals surface area contributed by atoms with E-state index in [-0.39, 0.29) is 0 Å². The zero-order valence-corrected chi connectivity index (χ0v) is 17.4. The van der Waals surface area contributed by atoms with E-state index in [1.54, 1.807) is 0 Å². The summed E-state index contributed by atoms with van der Waals surface area (Å²) in [5.74, 6) is 0.0611. The minimum absolute atomic E-state index is 0.497. The Morgan fingerprint density at radius 3 is 2.68 bits per heavy atom. The monoisotopic (exact) mass is 395 g/mol. The van der Waals surface area contributed by atoms with Crippen molar-refractivity contribution in [2.75, 3.05) is 20.1 Å². The number of rotatable bonds is 6. The standard InChI is InChI=1S/C24H29NO2S/c1-25-14-13-20(19(16-25)12-11-17-7-5-6-8-17)21-15-22(28-23(21)24(26)27)18-9-3-2-4-10-18/h2-4,9-10,15,17H,5-8,11-14,16H2,1H3,(H,26,27). The van der Waals surface area contributed by atoms with Crippen LogP contribution in [-0.4, -0.2) is 36.1 Å². The van der Waals surface area contributed by atoms with Crippen molar-refractivity contribution in [3.63, 3.8) is 0 Å². The molecule has 4 rings (SSSR count). The lowest BCUT2D eigenvalue weighted by Crippen LogP contribution is -2.28. The molecule has 1 aliphatic carbocycles. The average molecular weight is 396 g/mol. The van der Waals surface area contributed by atoms with Gasteiger partial charge in [-0.05, 0) is 49.4 Å². The van der Waals surface area contributed by atoms with E-state index in [0.29, 0.717) is 4.88 Å². The summed E-state index contributed by atoms with van der Waals surface area (Å²) < 4.78 is 0. The Morgan fingerprint density at radius 1 is 1.21 bits per heavy atom. The number of hydrogen-bond donors (Lipinski definition) is 1. The lowest BCUT2D eigenvalue weighted by molar-refractivity contribution is 0.0702. The largest absolute Gasteiger partial charge is 0.477 e. The van der Waals surface area contributed by atoms with Crippen LogP contribution in [0.15, 0.2) is 42.0 Å². The second-order valence-corrected chi connectivity index (χ2v) is 9.34. The number of carboxylic acids is 1. The molecule has 1 fully saturated rings. The van der Waals surface area contributed by atoms with E-state index in [4.69, 9.17) is 0 Å². The van der Waals surface area contributed by atoms with Gasteiger partial charge in [0.25, 0.3) is 0 Å². The number of carbonyl (C=O) groups is 1. The SMILES string of the molecule is CN1CCC(c2cc(-c3ccccc3)sc2C(=O)O)=C(CCC2CCCC2)C1. The van der Waals surface area contributed by atoms with Crippen molar-refractivity contribution in [2.24, 2.45) is 5.92 Å². The van der Waals surface area contributed by atoms with Gasteiger partial charge in [0.2, 0.25) is 0 Å². The van der Waals surface area contributed by atoms with E-state index < -0.39 is 5.97 Å². The van der Waals surface area contributed by atoms with Gasteiger partial charge in [-0.2, -0.15) is 0 Å². The van der Waals surface area contributed by atoms with Crippen LogP contribution in [0.4, 0.5) is 0 Å². The van der Waals surface area contributed by atoms with Crippen molar-refractivity contribution in [1.82, 2.24) is 4.90 Å². The van der Waals surface area contributed by atoms with E-state index in [1.165, 1.54) is 54.6 Å². The van der Waals surface area contributed by atoms with Crippen LogP contribution in [-0.2, 0) is 0 Å². The van der Waals surface area contributed by atoms with Gasteiger partial charge in [0, 0.05) is 23.5 Å². The molecule has 0 bridgehead atoms. The van der Waals surface area contributed by atoms with Crippen molar-refractivity contribution < 1.29 is 9.90 Å². The number of benzene rings is 1. The van der Waals surface area contributed by atoms with Gasteiger partial charge in [-0.3, -0.25) is 0 Å². The zero-order chi connectivity index (χ0) is 19.5. The highest BCUT2D eigenvalue weighted by atomic mass is 32.1. The molecule has 4 heteroatoms. The molecule has 28 heavy (non-hydrogen) atoms. The summed E-state index contributed by atoms with van der Waals surface area (Å²) in [6.45, 7) is 1.97. The lowest BCUT2D eigenvalue weighted by Gasteiger charge is -2.28. The fourth-order valence-corrected chi connectivity index (χ4v) is 5.76. The molecule has 1 aromatic carbocycles. The lowest BCUT2D eigenvalue weighted by atomic mass is 9.88. The van der Waals surface area contributed by atoms with Crippen molar-refractivity contribution in [3.05, 3.63) is 52.4 Å². The molecule has 2 aliphatic rings. The maximum Gasteiger partial charge on any atom is 0.346 e. The topological polar surface area (TPSA) is 40.5 Å². The summed E-state index contributed by atoms with van der Waals surface area (Å²) in [4.78, 5) is 15.9. The number of carboxylic acid groups (broad SMARTS) is 1. The smallest absolute Gasteiger partial charge is 0.346 e. The molecule has 1 aliphatic heterocycles. The van der Waals surface area contributed by atoms with Gasteiger partial charge in [0.15, 0.2) is 0 Å². The molecular weight excluding hydrogens is 366 g/mol. The number of aromatic carboxylic acids is 1. The molecule has 0 radical (unpaired) electrons. The van der Waals surface area contributed by atoms with E-state index in [0.717, 1.165) is 47.9 Å². The first kappa shape index (κ1) is 19.4. The Labute approximate surface area is 171 Å². The summed E-state index contributed by atoms with van der Waals surface area (Å²) in [6.07, 6.45) is 8.81. The predicted molar refractivity (Wildman–Crippen MR) is 117 cm³/mol. The van der Waals surface area contributed by atoms with Gasteiger partial charge in [-0.15, -0.1) is 11.3 Å². The van der Waals surface area contributed by atoms with Gasteiger partial charge in [0.1, 0.15) is 4.88 Å². The van der Waals surface area contributed by atoms with Crippen LogP contribution in [0.3, 0.4) is 0 Å². The molecule has 0 spiro atoms. The van der Waals surface area contributed by atoms with E-state index in [1.807, 2.05) is 18.2 Å². The molecule has 2 aromatic rings. The third-order valence-electron chi connectivity index (χ3n) is 6.27. The predicted octanol–water partition coefficient (Wildman–Crippen LogP) is 6.17. The van der Waals surface area contributed by atoms with E-state index in [9.17, 15) is 9.90 Å². The van der Waals surface area contributed by atoms with Crippen LogP contribution >= 0.6 is 11.3 Å². The Balaban J connectivity index is 1.69. The fourth-order valence-electron chi connectivity index (χ4n) is 4.73. The van der Waals surface area contributed by atoms with Crippen molar-refractivity contribution in [2.45, 2.75) is 44.9 Å². The second kappa shape index (κ2) is 8.62. The van der Waals surface area contributed by atoms with Crippen LogP contribution < -0.4 is 0 Å². The van der Waals surface area contributed by atoms with Crippen LogP contribution in [0.5, 0.6) is 0 Å². The summed E-state index contributed by atoms with van der Waals surface area (Å²) in [5, 5.41) is 9.87. The van der Waals surface area contributed by atoms with Gasteiger partial charge >= 0.3 is 5.97 Å². The highest BCUT2D eigenvalue weighted by molar-refractivity contribution is 7.17. The van der Waals surface area contributed by atoms with Gasteiger partial charge in [-0.25, -0.2) is 4.79 Å². The molecule has 0 amide bonds. The summed E-state index contributed by atoms with van der Waals surface area (Å²) >= 11 is 1.41. The summed E-state index contributed by atoms with van der Waals surface area (Å²) in [6, 6.07) is 12.3. The van der Waals surface area contributed by atoms with Crippen LogP contribution in [0.1, 0.15) is 60.2 Å². The minimum Gasteiger partial charge on any atom is -0.477 e. The first-order valence-electron chi connectivity index (χ1n) is 10.4. The van der Waals surface area contributed by atoms with Crippen LogP contribution in [0.25, 0.3) is 16.0 Å². The Hall–Kier alpha value is -1.91. The number of hydrogen-bond acceptors (Lipinski definition) is 3. The van der Waals surface area contributed by atoms with E-state index >= 15 is 0 Å². The fraction of sp³-hybridized carbons (Fsp3) is 0.458. The number of nitrogens with zero attached hydrogens (tertiary/aromatic N) is 1. The maximum absolute atomic E-state index is 12.0. The van der Waals surface area contributed by atoms with Gasteiger partial charge < -0.3 is 10.0 Å². The first-order chi connectivity index (χ1) is 13.6. The Kier molecular flexibility index (Phi) is 5.98. The first-order valence-corrected chi connectivity index (χ1v) is 11.3. The molecule has 2 heterocycles. The summed E-state index contributed by atoms with van der Waals surface area (Å²) in [5.41, 5.74) is 4.82. The quantitative estimate of drug-likeness (QED) is 0.635. The highest BCUT2D eigenvalue weighted by Crippen LogP contribution is 2.40.